The molecule has 25 heavy (non-hydrogen) atoms. The highest BCUT2D eigenvalue weighted by Gasteiger charge is 2.38. The summed E-state index contributed by atoms with van der Waals surface area (Å²) in [6.07, 6.45) is 4.43. The van der Waals surface area contributed by atoms with E-state index >= 15 is 0 Å². The van der Waals surface area contributed by atoms with Gasteiger partial charge in [0.05, 0.1) is 19.0 Å². The molecule has 3 rings (SSSR count). The molecule has 3 atom stereocenters. The fraction of sp³-hybridized carbons (Fsp3) is 0.583. The standard InChI is InChI=1S/C12H18N5O5PS2/c1-24-25-6-20-7-2-9(22-8(7)3-21-23(18)19)17-5-16-10-11(13)14-4-15-12(10)17/h4-5,7-9,18-19H,2-3,6H2,1H3,(H2,13,14,15)/t7?,8-,9-/m1/s1. The maximum absolute atomic E-state index is 8.98. The monoisotopic (exact) mass is 407 g/mol. The highest BCUT2D eigenvalue weighted by atomic mass is 33.1. The largest absolute Gasteiger partial charge is 0.382 e. The first kappa shape index (κ1) is 19.1. The summed E-state index contributed by atoms with van der Waals surface area (Å²) in [6.45, 7) is 0.0214. The van der Waals surface area contributed by atoms with Crippen LogP contribution >= 0.6 is 30.2 Å². The Balaban J connectivity index is 1.76. The lowest BCUT2D eigenvalue weighted by molar-refractivity contribution is -0.0498. The van der Waals surface area contributed by atoms with Gasteiger partial charge >= 0.3 is 8.60 Å². The molecule has 3 heterocycles. The molecule has 4 N–H and O–H groups in total. The van der Waals surface area contributed by atoms with Gasteiger partial charge in [-0.05, 0) is 6.26 Å². The maximum Gasteiger partial charge on any atom is 0.327 e. The zero-order valence-corrected chi connectivity index (χ0v) is 15.8. The number of fused-ring (bicyclic) bond motifs is 1. The van der Waals surface area contributed by atoms with Gasteiger partial charge in [-0.15, -0.1) is 0 Å². The third-order valence-corrected chi connectivity index (χ3v) is 5.52. The first-order chi connectivity index (χ1) is 12.1. The van der Waals surface area contributed by atoms with Crippen LogP contribution < -0.4 is 5.73 Å². The number of imidazole rings is 1. The van der Waals surface area contributed by atoms with E-state index in [2.05, 4.69) is 15.0 Å². The molecule has 1 unspecified atom stereocenters. The minimum absolute atomic E-state index is 0.0214. The van der Waals surface area contributed by atoms with Gasteiger partial charge < -0.3 is 29.5 Å². The summed E-state index contributed by atoms with van der Waals surface area (Å²) in [7, 11) is 0.730. The zero-order valence-electron chi connectivity index (χ0n) is 13.3. The van der Waals surface area contributed by atoms with Crippen LogP contribution in [0.3, 0.4) is 0 Å². The van der Waals surface area contributed by atoms with E-state index in [-0.39, 0.29) is 18.9 Å². The van der Waals surface area contributed by atoms with E-state index in [0.29, 0.717) is 29.3 Å². The number of aromatic nitrogens is 4. The Kier molecular flexibility index (Phi) is 6.69. The first-order valence-electron chi connectivity index (χ1n) is 7.26. The quantitative estimate of drug-likeness (QED) is 0.252. The molecular weight excluding hydrogens is 389 g/mol. The Morgan fingerprint density at radius 2 is 2.28 bits per heavy atom. The summed E-state index contributed by atoms with van der Waals surface area (Å²) >= 11 is 0. The number of hydrogen-bond acceptors (Lipinski definition) is 11. The summed E-state index contributed by atoms with van der Waals surface area (Å²) in [5.41, 5.74) is 6.90. The van der Waals surface area contributed by atoms with Gasteiger partial charge in [0.25, 0.3) is 0 Å². The van der Waals surface area contributed by atoms with Gasteiger partial charge in [0.1, 0.15) is 30.1 Å². The van der Waals surface area contributed by atoms with Crippen molar-refractivity contribution in [2.75, 3.05) is 24.5 Å². The molecule has 10 nitrogen and oxygen atoms in total. The van der Waals surface area contributed by atoms with Gasteiger partial charge in [0, 0.05) is 6.42 Å². The van der Waals surface area contributed by atoms with Crippen LogP contribution in [0.5, 0.6) is 0 Å². The molecular formula is C12H18N5O5PS2. The van der Waals surface area contributed by atoms with Gasteiger partial charge in [-0.2, -0.15) is 0 Å². The van der Waals surface area contributed by atoms with Crippen molar-refractivity contribution in [2.24, 2.45) is 0 Å². The van der Waals surface area contributed by atoms with E-state index in [1.807, 2.05) is 6.26 Å². The van der Waals surface area contributed by atoms with Crippen LogP contribution in [0.2, 0.25) is 0 Å². The number of rotatable bonds is 8. The van der Waals surface area contributed by atoms with E-state index in [1.54, 1.807) is 32.5 Å². The molecule has 0 aliphatic carbocycles. The van der Waals surface area contributed by atoms with Crippen molar-refractivity contribution in [3.05, 3.63) is 12.7 Å². The fourth-order valence-electron chi connectivity index (χ4n) is 2.58. The lowest BCUT2D eigenvalue weighted by Crippen LogP contribution is -2.28. The van der Waals surface area contributed by atoms with Gasteiger partial charge in [-0.25, -0.2) is 15.0 Å². The molecule has 0 radical (unpaired) electrons. The second kappa shape index (κ2) is 8.78. The minimum Gasteiger partial charge on any atom is -0.382 e. The SMILES string of the molecule is CSSCOC1C[C@H](n2cnc3c(N)ncnc32)O[C@@H]1COP(O)O. The molecule has 0 amide bonds. The van der Waals surface area contributed by atoms with Crippen LogP contribution in [0.1, 0.15) is 12.6 Å². The topological polar surface area (TPSA) is 138 Å². The van der Waals surface area contributed by atoms with Crippen molar-refractivity contribution >= 4 is 47.2 Å². The van der Waals surface area contributed by atoms with Crippen LogP contribution in [-0.2, 0) is 14.0 Å². The second-order valence-electron chi connectivity index (χ2n) is 5.10. The van der Waals surface area contributed by atoms with Crippen LogP contribution in [0.15, 0.2) is 12.7 Å². The zero-order chi connectivity index (χ0) is 17.8. The Morgan fingerprint density at radius 1 is 1.44 bits per heavy atom. The lowest BCUT2D eigenvalue weighted by Gasteiger charge is -2.18. The molecule has 0 bridgehead atoms. The highest BCUT2D eigenvalue weighted by molar-refractivity contribution is 8.76. The first-order valence-corrected chi connectivity index (χ1v) is 11.2. The van der Waals surface area contributed by atoms with Crippen LogP contribution in [0.4, 0.5) is 5.82 Å². The molecule has 138 valence electrons. The van der Waals surface area contributed by atoms with Crippen molar-refractivity contribution in [1.82, 2.24) is 19.5 Å². The predicted molar refractivity (Wildman–Crippen MR) is 96.4 cm³/mol. The Morgan fingerprint density at radius 3 is 3.04 bits per heavy atom. The Hall–Kier alpha value is -0.720. The molecule has 0 saturated carbocycles. The van der Waals surface area contributed by atoms with E-state index < -0.39 is 14.7 Å². The molecule has 1 aliphatic heterocycles. The third kappa shape index (κ3) is 4.52. The molecule has 1 fully saturated rings. The minimum atomic E-state index is -2.44. The smallest absolute Gasteiger partial charge is 0.327 e. The average molecular weight is 407 g/mol. The van der Waals surface area contributed by atoms with Crippen molar-refractivity contribution in [2.45, 2.75) is 24.9 Å². The summed E-state index contributed by atoms with van der Waals surface area (Å²) in [5, 5.41) is 0. The van der Waals surface area contributed by atoms with E-state index in [9.17, 15) is 0 Å². The molecule has 1 aliphatic rings. The van der Waals surface area contributed by atoms with Crippen LogP contribution in [0, 0.1) is 0 Å². The maximum atomic E-state index is 8.98. The van der Waals surface area contributed by atoms with Crippen LogP contribution in [0.25, 0.3) is 11.2 Å². The number of hydrogen-bond donors (Lipinski definition) is 3. The Labute approximate surface area is 152 Å². The molecule has 13 heteroatoms. The van der Waals surface area contributed by atoms with E-state index in [0.717, 1.165) is 0 Å². The number of nitrogen functional groups attached to an aromatic ring is 1. The molecule has 0 spiro atoms. The summed E-state index contributed by atoms with van der Waals surface area (Å²) in [5.74, 6) is 0.794. The third-order valence-electron chi connectivity index (χ3n) is 3.68. The van der Waals surface area contributed by atoms with Gasteiger partial charge in [-0.1, -0.05) is 21.6 Å². The summed E-state index contributed by atoms with van der Waals surface area (Å²) < 4.78 is 18.5. The van der Waals surface area contributed by atoms with Gasteiger partial charge in [0.15, 0.2) is 11.5 Å². The number of anilines is 1. The molecule has 1 saturated heterocycles. The number of nitrogens with zero attached hydrogens (tertiary/aromatic N) is 4. The van der Waals surface area contributed by atoms with E-state index in [1.165, 1.54) is 6.33 Å². The highest BCUT2D eigenvalue weighted by Crippen LogP contribution is 2.36. The number of nitrogens with two attached hydrogens (primary N) is 1. The second-order valence-corrected chi connectivity index (χ2v) is 8.38. The summed E-state index contributed by atoms with van der Waals surface area (Å²) in [4.78, 5) is 30.3. The van der Waals surface area contributed by atoms with Gasteiger partial charge in [0.2, 0.25) is 0 Å². The predicted octanol–water partition coefficient (Wildman–Crippen LogP) is 1.28. The normalized spacial score (nSPS) is 23.8. The Bertz CT molecular complexity index is 708. The molecule has 2 aromatic rings. The van der Waals surface area contributed by atoms with Crippen molar-refractivity contribution in [1.29, 1.82) is 0 Å². The fourth-order valence-corrected chi connectivity index (χ4v) is 3.64. The summed E-state index contributed by atoms with van der Waals surface area (Å²) in [6, 6.07) is 0. The van der Waals surface area contributed by atoms with Crippen LogP contribution in [-0.4, -0.2) is 60.3 Å². The van der Waals surface area contributed by atoms with E-state index in [4.69, 9.17) is 29.5 Å². The average Bonchev–Trinajstić information content (AvgIpc) is 3.18. The van der Waals surface area contributed by atoms with Crippen molar-refractivity contribution in [3.8, 4) is 0 Å². The number of ether oxygens (including phenoxy) is 2. The lowest BCUT2D eigenvalue weighted by atomic mass is 10.2. The molecule has 2 aromatic heterocycles. The molecule has 0 aromatic carbocycles. The van der Waals surface area contributed by atoms with Crippen molar-refractivity contribution < 1.29 is 23.8 Å². The van der Waals surface area contributed by atoms with Gasteiger partial charge in [-0.3, -0.25) is 4.57 Å². The van der Waals surface area contributed by atoms with Crippen molar-refractivity contribution in [3.63, 3.8) is 0 Å².